The lowest BCUT2D eigenvalue weighted by molar-refractivity contribution is -0.120. The summed E-state index contributed by atoms with van der Waals surface area (Å²) in [7, 11) is 0. The van der Waals surface area contributed by atoms with Crippen molar-refractivity contribution in [2.24, 2.45) is 0 Å². The number of hydrogen-bond acceptors (Lipinski definition) is 2. The Labute approximate surface area is 133 Å². The third kappa shape index (κ3) is 2.97. The topological polar surface area (TPSA) is 49.4 Å². The molecule has 4 nitrogen and oxygen atoms in total. The largest absolute Gasteiger partial charge is 0.324 e. The Bertz CT molecular complexity index is 703. The van der Waals surface area contributed by atoms with E-state index in [1.807, 2.05) is 30.3 Å². The molecule has 1 heterocycles. The van der Waals surface area contributed by atoms with E-state index < -0.39 is 6.04 Å². The van der Waals surface area contributed by atoms with Crippen LogP contribution in [0, 0.1) is 0 Å². The zero-order valence-electron chi connectivity index (χ0n) is 11.8. The van der Waals surface area contributed by atoms with E-state index in [4.69, 9.17) is 11.6 Å². The Balaban J connectivity index is 1.81. The maximum Gasteiger partial charge on any atom is 0.247 e. The number of halogens is 1. The van der Waals surface area contributed by atoms with Crippen LogP contribution in [0.25, 0.3) is 0 Å². The number of benzene rings is 2. The fraction of sp³-hybridized carbons (Fsp3) is 0.176. The van der Waals surface area contributed by atoms with E-state index in [0.717, 1.165) is 5.69 Å². The maximum atomic E-state index is 12.5. The first-order valence-electron chi connectivity index (χ1n) is 7.09. The van der Waals surface area contributed by atoms with Crippen LogP contribution in [0.4, 0.5) is 11.4 Å². The van der Waals surface area contributed by atoms with Crippen LogP contribution in [-0.4, -0.2) is 17.9 Å². The van der Waals surface area contributed by atoms with E-state index in [-0.39, 0.29) is 11.8 Å². The third-order valence-electron chi connectivity index (χ3n) is 3.64. The van der Waals surface area contributed by atoms with E-state index >= 15 is 0 Å². The van der Waals surface area contributed by atoms with Gasteiger partial charge in [0.1, 0.15) is 6.04 Å². The summed E-state index contributed by atoms with van der Waals surface area (Å²) < 4.78 is 0. The number of amides is 2. The lowest BCUT2D eigenvalue weighted by Crippen LogP contribution is -2.41. The molecule has 0 spiro atoms. The van der Waals surface area contributed by atoms with E-state index in [9.17, 15) is 9.59 Å². The third-order valence-corrected chi connectivity index (χ3v) is 3.88. The van der Waals surface area contributed by atoms with Gasteiger partial charge in [0, 0.05) is 22.8 Å². The molecular weight excluding hydrogens is 300 g/mol. The molecule has 0 aliphatic carbocycles. The van der Waals surface area contributed by atoms with Crippen molar-refractivity contribution < 1.29 is 9.59 Å². The first kappa shape index (κ1) is 14.6. The molecule has 1 aliphatic rings. The summed E-state index contributed by atoms with van der Waals surface area (Å²) >= 11 is 5.92. The lowest BCUT2D eigenvalue weighted by Gasteiger charge is -2.24. The summed E-state index contributed by atoms with van der Waals surface area (Å²) in [4.78, 5) is 26.2. The molecule has 0 bridgehead atoms. The van der Waals surface area contributed by atoms with Crippen LogP contribution in [0.5, 0.6) is 0 Å². The molecule has 5 heteroatoms. The van der Waals surface area contributed by atoms with Gasteiger partial charge in [0.2, 0.25) is 11.8 Å². The Morgan fingerprint density at radius 3 is 2.64 bits per heavy atom. The normalized spacial score (nSPS) is 17.6. The van der Waals surface area contributed by atoms with Crippen LogP contribution in [-0.2, 0) is 9.59 Å². The van der Waals surface area contributed by atoms with E-state index in [1.54, 1.807) is 29.2 Å². The Morgan fingerprint density at radius 1 is 1.14 bits per heavy atom. The fourth-order valence-corrected chi connectivity index (χ4v) is 2.83. The average molecular weight is 315 g/mol. The van der Waals surface area contributed by atoms with Crippen molar-refractivity contribution in [1.29, 1.82) is 0 Å². The smallest absolute Gasteiger partial charge is 0.247 e. The molecule has 112 valence electrons. The second-order valence-corrected chi connectivity index (χ2v) is 5.59. The summed E-state index contributed by atoms with van der Waals surface area (Å²) in [5.74, 6) is -0.227. The van der Waals surface area contributed by atoms with Gasteiger partial charge < -0.3 is 5.32 Å². The molecule has 1 fully saturated rings. The van der Waals surface area contributed by atoms with Gasteiger partial charge in [-0.15, -0.1) is 0 Å². The Kier molecular flexibility index (Phi) is 4.11. The molecule has 22 heavy (non-hydrogen) atoms. The van der Waals surface area contributed by atoms with Gasteiger partial charge in [-0.3, -0.25) is 14.5 Å². The van der Waals surface area contributed by atoms with Gasteiger partial charge in [0.15, 0.2) is 0 Å². The summed E-state index contributed by atoms with van der Waals surface area (Å²) in [6.07, 6.45) is 0.892. The maximum absolute atomic E-state index is 12.5. The summed E-state index contributed by atoms with van der Waals surface area (Å²) in [6, 6.07) is 15.7. The van der Waals surface area contributed by atoms with Crippen molar-refractivity contribution in [3.8, 4) is 0 Å². The molecular formula is C17H15ClN2O2. The number of carbonyl (C=O) groups is 2. The van der Waals surface area contributed by atoms with Crippen LogP contribution >= 0.6 is 11.6 Å². The van der Waals surface area contributed by atoms with Crippen molar-refractivity contribution >= 4 is 34.8 Å². The molecule has 3 rings (SSSR count). The van der Waals surface area contributed by atoms with Crippen LogP contribution in [0.15, 0.2) is 54.6 Å². The highest BCUT2D eigenvalue weighted by Crippen LogP contribution is 2.27. The van der Waals surface area contributed by atoms with Gasteiger partial charge in [-0.05, 0) is 36.8 Å². The van der Waals surface area contributed by atoms with Crippen molar-refractivity contribution in [1.82, 2.24) is 0 Å². The number of para-hydroxylation sites is 1. The minimum Gasteiger partial charge on any atom is -0.324 e. The van der Waals surface area contributed by atoms with Gasteiger partial charge in [-0.2, -0.15) is 0 Å². The summed E-state index contributed by atoms with van der Waals surface area (Å²) in [6.45, 7) is 0. The second kappa shape index (κ2) is 6.20. The van der Waals surface area contributed by atoms with E-state index in [2.05, 4.69) is 5.32 Å². The van der Waals surface area contributed by atoms with Crippen LogP contribution in [0.3, 0.4) is 0 Å². The molecule has 1 saturated heterocycles. The molecule has 2 aromatic carbocycles. The summed E-state index contributed by atoms with van der Waals surface area (Å²) in [5, 5.41) is 3.38. The standard InChI is InChI=1S/C17H15ClN2O2/c18-12-5-4-6-13(11-12)19-17(22)15-9-10-16(21)20(15)14-7-2-1-3-8-14/h1-8,11,15H,9-10H2,(H,19,22). The van der Waals surface area contributed by atoms with Gasteiger partial charge in [0.25, 0.3) is 0 Å². The molecule has 1 unspecified atom stereocenters. The van der Waals surface area contributed by atoms with Crippen molar-refractivity contribution in [3.05, 3.63) is 59.6 Å². The SMILES string of the molecule is O=C(Nc1cccc(Cl)c1)C1CCC(=O)N1c1ccccc1. The predicted octanol–water partition coefficient (Wildman–Crippen LogP) is 3.47. The van der Waals surface area contributed by atoms with Gasteiger partial charge in [-0.1, -0.05) is 35.9 Å². The molecule has 1 atom stereocenters. The first-order chi connectivity index (χ1) is 10.6. The van der Waals surface area contributed by atoms with Gasteiger partial charge in [-0.25, -0.2) is 0 Å². The molecule has 1 aliphatic heterocycles. The molecule has 2 aromatic rings. The summed E-state index contributed by atoms with van der Waals surface area (Å²) in [5.41, 5.74) is 1.38. The zero-order valence-corrected chi connectivity index (χ0v) is 12.6. The van der Waals surface area contributed by atoms with E-state index in [1.165, 1.54) is 0 Å². The molecule has 0 radical (unpaired) electrons. The van der Waals surface area contributed by atoms with Crippen LogP contribution < -0.4 is 10.2 Å². The lowest BCUT2D eigenvalue weighted by atomic mass is 10.2. The fourth-order valence-electron chi connectivity index (χ4n) is 2.64. The minimum absolute atomic E-state index is 0.0301. The highest BCUT2D eigenvalue weighted by Gasteiger charge is 2.36. The number of rotatable bonds is 3. The monoisotopic (exact) mass is 314 g/mol. The molecule has 0 saturated carbocycles. The predicted molar refractivity (Wildman–Crippen MR) is 87.0 cm³/mol. The number of nitrogens with one attached hydrogen (secondary N) is 1. The van der Waals surface area contributed by atoms with Crippen LogP contribution in [0.1, 0.15) is 12.8 Å². The first-order valence-corrected chi connectivity index (χ1v) is 7.46. The highest BCUT2D eigenvalue weighted by molar-refractivity contribution is 6.30. The van der Waals surface area contributed by atoms with Gasteiger partial charge >= 0.3 is 0 Å². The molecule has 2 amide bonds. The van der Waals surface area contributed by atoms with Crippen molar-refractivity contribution in [2.45, 2.75) is 18.9 Å². The highest BCUT2D eigenvalue weighted by atomic mass is 35.5. The number of carbonyl (C=O) groups excluding carboxylic acids is 2. The zero-order chi connectivity index (χ0) is 15.5. The number of anilines is 2. The quantitative estimate of drug-likeness (QED) is 0.943. The minimum atomic E-state index is -0.492. The Morgan fingerprint density at radius 2 is 1.91 bits per heavy atom. The van der Waals surface area contributed by atoms with Crippen molar-refractivity contribution in [2.75, 3.05) is 10.2 Å². The molecule has 0 aromatic heterocycles. The van der Waals surface area contributed by atoms with E-state index in [0.29, 0.717) is 23.6 Å². The van der Waals surface area contributed by atoms with Crippen molar-refractivity contribution in [3.63, 3.8) is 0 Å². The second-order valence-electron chi connectivity index (χ2n) is 5.15. The van der Waals surface area contributed by atoms with Crippen LogP contribution in [0.2, 0.25) is 5.02 Å². The molecule has 1 N–H and O–H groups in total. The Hall–Kier alpha value is -2.33. The number of nitrogens with zero attached hydrogens (tertiary/aromatic N) is 1. The van der Waals surface area contributed by atoms with Gasteiger partial charge in [0.05, 0.1) is 0 Å². The average Bonchev–Trinajstić information content (AvgIpc) is 2.90. The number of hydrogen-bond donors (Lipinski definition) is 1.